The van der Waals surface area contributed by atoms with Crippen LogP contribution in [0.15, 0.2) is 61.2 Å². The van der Waals surface area contributed by atoms with Gasteiger partial charge in [-0.15, -0.1) is 0 Å². The molecule has 23 heavy (non-hydrogen) atoms. The van der Waals surface area contributed by atoms with Crippen LogP contribution in [0.25, 0.3) is 22.2 Å². The summed E-state index contributed by atoms with van der Waals surface area (Å²) in [5, 5.41) is 0.944. The number of nitrogens with one attached hydrogen (secondary N) is 1. The zero-order valence-electron chi connectivity index (χ0n) is 12.1. The van der Waals surface area contributed by atoms with E-state index in [4.69, 9.17) is 0 Å². The van der Waals surface area contributed by atoms with Crippen LogP contribution in [0.1, 0.15) is 5.56 Å². The highest BCUT2D eigenvalue weighted by molar-refractivity contribution is 5.90. The Morgan fingerprint density at radius 1 is 1.00 bits per heavy atom. The minimum Gasteiger partial charge on any atom is -0.354 e. The molecule has 1 N–H and O–H groups in total. The van der Waals surface area contributed by atoms with Gasteiger partial charge < -0.3 is 9.55 Å². The van der Waals surface area contributed by atoms with Gasteiger partial charge in [-0.25, -0.2) is 13.8 Å². The number of hydrogen-bond donors (Lipinski definition) is 1. The van der Waals surface area contributed by atoms with E-state index < -0.39 is 0 Å². The fourth-order valence-corrected chi connectivity index (χ4v) is 2.82. The molecule has 0 amide bonds. The van der Waals surface area contributed by atoms with E-state index in [1.807, 2.05) is 10.8 Å². The van der Waals surface area contributed by atoms with Gasteiger partial charge >= 0.3 is 0 Å². The maximum atomic E-state index is 13.5. The van der Waals surface area contributed by atoms with Crippen molar-refractivity contribution in [3.63, 3.8) is 0 Å². The Morgan fingerprint density at radius 2 is 1.78 bits per heavy atom. The average molecular weight is 309 g/mol. The van der Waals surface area contributed by atoms with Gasteiger partial charge in [-0.2, -0.15) is 0 Å². The lowest BCUT2D eigenvalue weighted by Crippen LogP contribution is -1.97. The highest BCUT2D eigenvalue weighted by Gasteiger charge is 2.14. The Hall–Kier alpha value is -2.95. The zero-order chi connectivity index (χ0) is 15.8. The molecule has 0 radical (unpaired) electrons. The summed E-state index contributed by atoms with van der Waals surface area (Å²) < 4.78 is 28.7. The molecule has 0 aliphatic carbocycles. The normalized spacial score (nSPS) is 11.2. The van der Waals surface area contributed by atoms with Crippen LogP contribution in [0.5, 0.6) is 0 Å². The van der Waals surface area contributed by atoms with E-state index in [-0.39, 0.29) is 11.6 Å². The van der Waals surface area contributed by atoms with Gasteiger partial charge in [0.05, 0.1) is 18.6 Å². The number of fused-ring (bicyclic) bond motifs is 1. The number of aromatic amines is 1. The Morgan fingerprint density at radius 3 is 2.52 bits per heavy atom. The summed E-state index contributed by atoms with van der Waals surface area (Å²) in [5.74, 6) is -0.578. The molecule has 2 aromatic heterocycles. The largest absolute Gasteiger partial charge is 0.354 e. The van der Waals surface area contributed by atoms with E-state index in [9.17, 15) is 8.78 Å². The smallest absolute Gasteiger partial charge is 0.125 e. The molecule has 0 atom stereocenters. The fraction of sp³-hybridized carbons (Fsp3) is 0.0556. The van der Waals surface area contributed by atoms with Crippen molar-refractivity contribution in [2.75, 3.05) is 0 Å². The van der Waals surface area contributed by atoms with Crippen molar-refractivity contribution in [3.8, 4) is 11.3 Å². The molecule has 4 aromatic rings. The Kier molecular flexibility index (Phi) is 3.19. The predicted octanol–water partition coefficient (Wildman–Crippen LogP) is 4.36. The molecule has 2 heterocycles. The molecular formula is C18H13F2N3. The lowest BCUT2D eigenvalue weighted by molar-refractivity contribution is 0.628. The van der Waals surface area contributed by atoms with Crippen molar-refractivity contribution < 1.29 is 8.78 Å². The van der Waals surface area contributed by atoms with E-state index in [1.54, 1.807) is 30.7 Å². The van der Waals surface area contributed by atoms with Crippen molar-refractivity contribution in [3.05, 3.63) is 78.4 Å². The molecule has 2 aromatic carbocycles. The van der Waals surface area contributed by atoms with Gasteiger partial charge in [-0.1, -0.05) is 0 Å². The number of H-pyrrole nitrogens is 1. The first kappa shape index (κ1) is 13.7. The summed E-state index contributed by atoms with van der Waals surface area (Å²) in [6.45, 7) is 0.596. The first-order chi connectivity index (χ1) is 11.2. The SMILES string of the molecule is Fc1ccc(-c2[nH]c3cc(F)ccc3c2Cn2ccnc2)cc1. The Bertz CT molecular complexity index is 954. The molecule has 0 fully saturated rings. The van der Waals surface area contributed by atoms with E-state index in [2.05, 4.69) is 9.97 Å². The van der Waals surface area contributed by atoms with Gasteiger partial charge in [0.1, 0.15) is 11.6 Å². The van der Waals surface area contributed by atoms with Crippen molar-refractivity contribution in [1.82, 2.24) is 14.5 Å². The molecule has 114 valence electrons. The summed E-state index contributed by atoms with van der Waals surface area (Å²) >= 11 is 0. The van der Waals surface area contributed by atoms with Crippen molar-refractivity contribution in [1.29, 1.82) is 0 Å². The second-order valence-electron chi connectivity index (χ2n) is 5.41. The number of rotatable bonds is 3. The summed E-state index contributed by atoms with van der Waals surface area (Å²) in [6, 6.07) is 11.0. The Balaban J connectivity index is 1.92. The van der Waals surface area contributed by atoms with Gasteiger partial charge in [0.2, 0.25) is 0 Å². The van der Waals surface area contributed by atoms with Crippen LogP contribution in [0, 0.1) is 11.6 Å². The zero-order valence-corrected chi connectivity index (χ0v) is 12.1. The van der Waals surface area contributed by atoms with Crippen LogP contribution in [0.2, 0.25) is 0 Å². The summed E-state index contributed by atoms with van der Waals surface area (Å²) in [7, 11) is 0. The minimum absolute atomic E-state index is 0.285. The summed E-state index contributed by atoms with van der Waals surface area (Å²) in [5.41, 5.74) is 3.46. The summed E-state index contributed by atoms with van der Waals surface area (Å²) in [6.07, 6.45) is 5.32. The molecule has 0 aliphatic rings. The number of benzene rings is 2. The van der Waals surface area contributed by atoms with Gasteiger partial charge in [0, 0.05) is 28.9 Å². The van der Waals surface area contributed by atoms with Crippen LogP contribution in [0.4, 0.5) is 8.78 Å². The topological polar surface area (TPSA) is 33.6 Å². The molecule has 0 bridgehead atoms. The summed E-state index contributed by atoms with van der Waals surface area (Å²) in [4.78, 5) is 7.31. The third-order valence-corrected chi connectivity index (χ3v) is 3.90. The number of halogens is 2. The maximum Gasteiger partial charge on any atom is 0.125 e. The Labute approximate surface area is 131 Å². The molecular weight excluding hydrogens is 296 g/mol. The van der Waals surface area contributed by atoms with Crippen LogP contribution >= 0.6 is 0 Å². The van der Waals surface area contributed by atoms with Crippen molar-refractivity contribution >= 4 is 10.9 Å². The standard InChI is InChI=1S/C18H13F2N3/c19-13-3-1-12(2-4-13)18-16(10-23-8-7-21-11-23)15-6-5-14(20)9-17(15)22-18/h1-9,11,22H,10H2. The monoisotopic (exact) mass is 309 g/mol. The molecule has 5 heteroatoms. The molecule has 0 aliphatic heterocycles. The van der Waals surface area contributed by atoms with E-state index in [0.29, 0.717) is 6.54 Å². The third kappa shape index (κ3) is 2.50. The number of imidazole rings is 1. The lowest BCUT2D eigenvalue weighted by atomic mass is 10.0. The first-order valence-corrected chi connectivity index (χ1v) is 7.22. The highest BCUT2D eigenvalue weighted by atomic mass is 19.1. The number of hydrogen-bond acceptors (Lipinski definition) is 1. The van der Waals surface area contributed by atoms with Crippen LogP contribution in [-0.4, -0.2) is 14.5 Å². The fourth-order valence-electron chi connectivity index (χ4n) is 2.82. The lowest BCUT2D eigenvalue weighted by Gasteiger charge is -2.06. The quantitative estimate of drug-likeness (QED) is 0.599. The van der Waals surface area contributed by atoms with E-state index >= 15 is 0 Å². The molecule has 4 rings (SSSR count). The second kappa shape index (κ2) is 5.35. The van der Waals surface area contributed by atoms with E-state index in [1.165, 1.54) is 24.3 Å². The van der Waals surface area contributed by atoms with Gasteiger partial charge in [-0.05, 0) is 48.0 Å². The van der Waals surface area contributed by atoms with Crippen LogP contribution in [-0.2, 0) is 6.54 Å². The highest BCUT2D eigenvalue weighted by Crippen LogP contribution is 2.31. The first-order valence-electron chi connectivity index (χ1n) is 7.22. The number of aromatic nitrogens is 3. The van der Waals surface area contributed by atoms with E-state index in [0.717, 1.165) is 27.7 Å². The second-order valence-corrected chi connectivity index (χ2v) is 5.41. The third-order valence-electron chi connectivity index (χ3n) is 3.90. The molecule has 3 nitrogen and oxygen atoms in total. The molecule has 0 saturated heterocycles. The number of nitrogens with zero attached hydrogens (tertiary/aromatic N) is 2. The van der Waals surface area contributed by atoms with Gasteiger partial charge in [0.25, 0.3) is 0 Å². The molecule has 0 spiro atoms. The van der Waals surface area contributed by atoms with Gasteiger partial charge in [0.15, 0.2) is 0 Å². The van der Waals surface area contributed by atoms with Crippen LogP contribution < -0.4 is 0 Å². The predicted molar refractivity (Wildman–Crippen MR) is 85.0 cm³/mol. The van der Waals surface area contributed by atoms with Crippen molar-refractivity contribution in [2.45, 2.75) is 6.54 Å². The average Bonchev–Trinajstić information content (AvgIpc) is 3.17. The van der Waals surface area contributed by atoms with Crippen molar-refractivity contribution in [2.24, 2.45) is 0 Å². The van der Waals surface area contributed by atoms with Crippen LogP contribution in [0.3, 0.4) is 0 Å². The molecule has 0 unspecified atom stereocenters. The molecule has 0 saturated carbocycles. The van der Waals surface area contributed by atoms with Gasteiger partial charge in [-0.3, -0.25) is 0 Å². The minimum atomic E-state index is -0.293. The maximum absolute atomic E-state index is 13.5.